The van der Waals surface area contributed by atoms with Gasteiger partial charge in [0.2, 0.25) is 0 Å². The van der Waals surface area contributed by atoms with Gasteiger partial charge in [-0.2, -0.15) is 0 Å². The molecule has 0 atom stereocenters. The van der Waals surface area contributed by atoms with Crippen molar-refractivity contribution in [2.75, 3.05) is 0 Å². The number of aliphatic carboxylic acids is 1. The van der Waals surface area contributed by atoms with Crippen molar-refractivity contribution in [3.63, 3.8) is 0 Å². The first-order valence-corrected chi connectivity index (χ1v) is 6.31. The van der Waals surface area contributed by atoms with Crippen LogP contribution in [0.3, 0.4) is 0 Å². The first kappa shape index (κ1) is 11.6. The highest BCUT2D eigenvalue weighted by Crippen LogP contribution is 2.39. The van der Waals surface area contributed by atoms with E-state index in [4.69, 9.17) is 0 Å². The Morgan fingerprint density at radius 1 is 1.31 bits per heavy atom. The Bertz CT molecular complexity index is 400. The molecule has 0 bridgehead atoms. The molecule has 0 radical (unpaired) electrons. The SMILES string of the molecule is O=C(O)C1(c2cccc(Br)n2)CCCCC1. The normalized spacial score (nSPS) is 19.3. The fraction of sp³-hybridized carbons (Fsp3) is 0.500. The third-order valence-electron chi connectivity index (χ3n) is 3.32. The van der Waals surface area contributed by atoms with Crippen LogP contribution in [0, 0.1) is 0 Å². The summed E-state index contributed by atoms with van der Waals surface area (Å²) < 4.78 is 0.705. The molecule has 0 amide bonds. The van der Waals surface area contributed by atoms with Crippen LogP contribution in [-0.4, -0.2) is 16.1 Å². The van der Waals surface area contributed by atoms with Crippen molar-refractivity contribution < 1.29 is 9.90 Å². The monoisotopic (exact) mass is 283 g/mol. The molecular formula is C12H14BrNO2. The molecule has 1 N–H and O–H groups in total. The van der Waals surface area contributed by atoms with Crippen molar-refractivity contribution in [2.24, 2.45) is 0 Å². The van der Waals surface area contributed by atoms with E-state index in [0.717, 1.165) is 19.3 Å². The zero-order chi connectivity index (χ0) is 11.6. The van der Waals surface area contributed by atoms with Crippen LogP contribution in [0.5, 0.6) is 0 Å². The quantitative estimate of drug-likeness (QED) is 0.849. The molecule has 1 aromatic rings. The van der Waals surface area contributed by atoms with E-state index in [0.29, 0.717) is 23.1 Å². The van der Waals surface area contributed by atoms with Crippen LogP contribution < -0.4 is 0 Å². The second-order valence-corrected chi connectivity index (χ2v) is 5.11. The van der Waals surface area contributed by atoms with E-state index in [9.17, 15) is 9.90 Å². The molecule has 1 heterocycles. The van der Waals surface area contributed by atoms with E-state index in [2.05, 4.69) is 20.9 Å². The van der Waals surface area contributed by atoms with Gasteiger partial charge in [-0.25, -0.2) is 4.98 Å². The molecule has 1 aliphatic rings. The summed E-state index contributed by atoms with van der Waals surface area (Å²) in [7, 11) is 0. The van der Waals surface area contributed by atoms with Crippen molar-refractivity contribution in [1.82, 2.24) is 4.98 Å². The van der Waals surface area contributed by atoms with Gasteiger partial charge in [0.05, 0.1) is 5.69 Å². The van der Waals surface area contributed by atoms with E-state index in [1.807, 2.05) is 18.2 Å². The van der Waals surface area contributed by atoms with Gasteiger partial charge in [-0.05, 0) is 40.9 Å². The van der Waals surface area contributed by atoms with Crippen molar-refractivity contribution in [2.45, 2.75) is 37.5 Å². The fourth-order valence-corrected chi connectivity index (χ4v) is 2.75. The zero-order valence-electron chi connectivity index (χ0n) is 8.95. The summed E-state index contributed by atoms with van der Waals surface area (Å²) in [6, 6.07) is 5.50. The van der Waals surface area contributed by atoms with Crippen molar-refractivity contribution in [1.29, 1.82) is 0 Å². The number of carboxylic acid groups (broad SMARTS) is 1. The second kappa shape index (κ2) is 4.53. The minimum absolute atomic E-state index is 0.689. The number of hydrogen-bond donors (Lipinski definition) is 1. The predicted octanol–water partition coefficient (Wildman–Crippen LogP) is 3.13. The van der Waals surface area contributed by atoms with Crippen LogP contribution in [-0.2, 0) is 10.2 Å². The molecule has 1 aliphatic carbocycles. The predicted molar refractivity (Wildman–Crippen MR) is 64.3 cm³/mol. The van der Waals surface area contributed by atoms with Crippen molar-refractivity contribution >= 4 is 21.9 Å². The maximum absolute atomic E-state index is 11.5. The number of carbonyl (C=O) groups is 1. The van der Waals surface area contributed by atoms with E-state index >= 15 is 0 Å². The average molecular weight is 284 g/mol. The summed E-state index contributed by atoms with van der Waals surface area (Å²) in [6.07, 6.45) is 4.47. The van der Waals surface area contributed by atoms with Crippen LogP contribution in [0.4, 0.5) is 0 Å². The third-order valence-corrected chi connectivity index (χ3v) is 3.76. The molecule has 4 heteroatoms. The Labute approximate surface area is 103 Å². The van der Waals surface area contributed by atoms with Crippen molar-refractivity contribution in [3.8, 4) is 0 Å². The van der Waals surface area contributed by atoms with Gasteiger partial charge in [0.25, 0.3) is 0 Å². The highest BCUT2D eigenvalue weighted by Gasteiger charge is 2.42. The molecule has 0 aliphatic heterocycles. The Balaban J connectivity index is 2.42. The largest absolute Gasteiger partial charge is 0.481 e. The molecule has 16 heavy (non-hydrogen) atoms. The number of aromatic nitrogens is 1. The van der Waals surface area contributed by atoms with Gasteiger partial charge in [-0.1, -0.05) is 25.3 Å². The molecule has 1 fully saturated rings. The van der Waals surface area contributed by atoms with Gasteiger partial charge in [0.1, 0.15) is 10.0 Å². The first-order chi connectivity index (χ1) is 7.65. The maximum Gasteiger partial charge on any atom is 0.315 e. The molecule has 0 unspecified atom stereocenters. The molecule has 0 saturated heterocycles. The molecule has 1 saturated carbocycles. The molecule has 1 aromatic heterocycles. The van der Waals surface area contributed by atoms with E-state index in [1.165, 1.54) is 0 Å². The lowest BCUT2D eigenvalue weighted by atomic mass is 9.71. The van der Waals surface area contributed by atoms with Gasteiger partial charge < -0.3 is 5.11 Å². The van der Waals surface area contributed by atoms with Gasteiger partial charge in [-0.15, -0.1) is 0 Å². The van der Waals surface area contributed by atoms with Gasteiger partial charge in [0.15, 0.2) is 0 Å². The minimum Gasteiger partial charge on any atom is -0.481 e. The minimum atomic E-state index is -0.762. The first-order valence-electron chi connectivity index (χ1n) is 5.52. The Morgan fingerprint density at radius 3 is 2.56 bits per heavy atom. The number of hydrogen-bond acceptors (Lipinski definition) is 2. The molecule has 3 nitrogen and oxygen atoms in total. The zero-order valence-corrected chi connectivity index (χ0v) is 10.5. The lowest BCUT2D eigenvalue weighted by Crippen LogP contribution is -2.38. The Morgan fingerprint density at radius 2 is 2.00 bits per heavy atom. The fourth-order valence-electron chi connectivity index (χ4n) is 2.41. The number of pyridine rings is 1. The number of rotatable bonds is 2. The summed E-state index contributed by atoms with van der Waals surface area (Å²) in [6.45, 7) is 0. The van der Waals surface area contributed by atoms with E-state index in [-0.39, 0.29) is 0 Å². The number of carboxylic acids is 1. The van der Waals surface area contributed by atoms with Crippen LogP contribution >= 0.6 is 15.9 Å². The third kappa shape index (κ3) is 1.98. The maximum atomic E-state index is 11.5. The summed E-state index contributed by atoms with van der Waals surface area (Å²) >= 11 is 3.30. The van der Waals surface area contributed by atoms with Crippen LogP contribution in [0.1, 0.15) is 37.8 Å². The lowest BCUT2D eigenvalue weighted by Gasteiger charge is -2.32. The molecule has 86 valence electrons. The Hall–Kier alpha value is -0.900. The van der Waals surface area contributed by atoms with Gasteiger partial charge in [0, 0.05) is 0 Å². The molecule has 0 aromatic carbocycles. The highest BCUT2D eigenvalue weighted by atomic mass is 79.9. The van der Waals surface area contributed by atoms with E-state index < -0.39 is 11.4 Å². The highest BCUT2D eigenvalue weighted by molar-refractivity contribution is 9.10. The average Bonchev–Trinajstić information content (AvgIpc) is 2.30. The standard InChI is InChI=1S/C12H14BrNO2/c13-10-6-4-5-9(14-10)12(11(15)16)7-2-1-3-8-12/h4-6H,1-3,7-8H2,(H,15,16). The smallest absolute Gasteiger partial charge is 0.315 e. The topological polar surface area (TPSA) is 50.2 Å². The van der Waals surface area contributed by atoms with Gasteiger partial charge >= 0.3 is 5.97 Å². The molecule has 0 spiro atoms. The Kier molecular flexibility index (Phi) is 3.28. The van der Waals surface area contributed by atoms with Gasteiger partial charge in [-0.3, -0.25) is 4.79 Å². The van der Waals surface area contributed by atoms with E-state index in [1.54, 1.807) is 0 Å². The molecular weight excluding hydrogens is 270 g/mol. The number of halogens is 1. The van der Waals surface area contributed by atoms with Crippen LogP contribution in [0.15, 0.2) is 22.8 Å². The summed E-state index contributed by atoms with van der Waals surface area (Å²) in [5.41, 5.74) is -0.0729. The second-order valence-electron chi connectivity index (χ2n) is 4.29. The molecule has 2 rings (SSSR count). The number of nitrogens with zero attached hydrogens (tertiary/aromatic N) is 1. The van der Waals surface area contributed by atoms with Crippen LogP contribution in [0.25, 0.3) is 0 Å². The lowest BCUT2D eigenvalue weighted by molar-refractivity contribution is -0.145. The summed E-state index contributed by atoms with van der Waals surface area (Å²) in [5, 5.41) is 9.48. The van der Waals surface area contributed by atoms with Crippen LogP contribution in [0.2, 0.25) is 0 Å². The summed E-state index contributed by atoms with van der Waals surface area (Å²) in [5.74, 6) is -0.738. The summed E-state index contributed by atoms with van der Waals surface area (Å²) in [4.78, 5) is 15.9. The van der Waals surface area contributed by atoms with Crippen molar-refractivity contribution in [3.05, 3.63) is 28.5 Å².